The largest absolute Gasteiger partial charge is 0.394 e. The van der Waals surface area contributed by atoms with Crippen molar-refractivity contribution in [2.75, 3.05) is 25.6 Å². The van der Waals surface area contributed by atoms with Gasteiger partial charge in [0.2, 0.25) is 0 Å². The van der Waals surface area contributed by atoms with Crippen LogP contribution in [0.4, 0.5) is 5.69 Å². The zero-order valence-corrected chi connectivity index (χ0v) is 10.8. The molecule has 0 saturated carbocycles. The standard InChI is InChI=1S/C13H15ClN2O2/c1-18-8-10(7-17)16-12-4-5-15-13-6-9(14)2-3-11(12)13/h2-6,10,17H,7-8H2,1H3,(H,15,16). The van der Waals surface area contributed by atoms with E-state index in [1.807, 2.05) is 24.3 Å². The topological polar surface area (TPSA) is 54.4 Å². The lowest BCUT2D eigenvalue weighted by Crippen LogP contribution is -2.28. The summed E-state index contributed by atoms with van der Waals surface area (Å²) in [5.41, 5.74) is 1.73. The lowest BCUT2D eigenvalue weighted by molar-refractivity contribution is 0.153. The molecule has 0 amide bonds. The van der Waals surface area contributed by atoms with Crippen LogP contribution in [0.1, 0.15) is 0 Å². The molecule has 18 heavy (non-hydrogen) atoms. The van der Waals surface area contributed by atoms with Crippen LogP contribution in [-0.4, -0.2) is 36.5 Å². The molecule has 2 aromatic rings. The second-order valence-electron chi connectivity index (χ2n) is 4.00. The van der Waals surface area contributed by atoms with Gasteiger partial charge in [-0.3, -0.25) is 4.98 Å². The van der Waals surface area contributed by atoms with E-state index < -0.39 is 0 Å². The number of anilines is 1. The van der Waals surface area contributed by atoms with E-state index in [1.54, 1.807) is 13.3 Å². The summed E-state index contributed by atoms with van der Waals surface area (Å²) in [6, 6.07) is 7.27. The molecule has 4 nitrogen and oxygen atoms in total. The predicted octanol–water partition coefficient (Wildman–Crippen LogP) is 2.31. The van der Waals surface area contributed by atoms with Gasteiger partial charge in [-0.1, -0.05) is 11.6 Å². The molecule has 0 bridgehead atoms. The van der Waals surface area contributed by atoms with Crippen LogP contribution in [-0.2, 0) is 4.74 Å². The van der Waals surface area contributed by atoms with Crippen molar-refractivity contribution in [1.29, 1.82) is 0 Å². The van der Waals surface area contributed by atoms with E-state index in [0.717, 1.165) is 16.6 Å². The molecular formula is C13H15ClN2O2. The number of ether oxygens (including phenoxy) is 1. The Bertz CT molecular complexity index is 533. The average molecular weight is 267 g/mol. The molecule has 0 aliphatic rings. The van der Waals surface area contributed by atoms with E-state index in [0.29, 0.717) is 11.6 Å². The molecule has 0 spiro atoms. The number of hydrogen-bond donors (Lipinski definition) is 2. The summed E-state index contributed by atoms with van der Waals surface area (Å²) < 4.78 is 5.04. The Labute approximate surface area is 111 Å². The van der Waals surface area contributed by atoms with E-state index in [2.05, 4.69) is 10.3 Å². The molecule has 0 saturated heterocycles. The minimum Gasteiger partial charge on any atom is -0.394 e. The third-order valence-electron chi connectivity index (χ3n) is 2.65. The van der Waals surface area contributed by atoms with Crippen LogP contribution in [0.3, 0.4) is 0 Å². The lowest BCUT2D eigenvalue weighted by Gasteiger charge is -2.17. The van der Waals surface area contributed by atoms with Crippen LogP contribution in [0.5, 0.6) is 0 Å². The predicted molar refractivity (Wildman–Crippen MR) is 73.1 cm³/mol. The molecule has 0 aliphatic heterocycles. The monoisotopic (exact) mass is 266 g/mol. The molecule has 2 rings (SSSR count). The Hall–Kier alpha value is -1.36. The second-order valence-corrected chi connectivity index (χ2v) is 4.44. The van der Waals surface area contributed by atoms with Crippen LogP contribution in [0, 0.1) is 0 Å². The van der Waals surface area contributed by atoms with Gasteiger partial charge in [-0.2, -0.15) is 0 Å². The molecule has 1 unspecified atom stereocenters. The number of fused-ring (bicyclic) bond motifs is 1. The fourth-order valence-electron chi connectivity index (χ4n) is 1.81. The van der Waals surface area contributed by atoms with Gasteiger partial charge in [-0.15, -0.1) is 0 Å². The highest BCUT2D eigenvalue weighted by molar-refractivity contribution is 6.31. The van der Waals surface area contributed by atoms with Gasteiger partial charge in [0.25, 0.3) is 0 Å². The van der Waals surface area contributed by atoms with Gasteiger partial charge in [-0.25, -0.2) is 0 Å². The van der Waals surface area contributed by atoms with Crippen LogP contribution in [0.15, 0.2) is 30.5 Å². The third kappa shape index (κ3) is 2.90. The van der Waals surface area contributed by atoms with Crippen molar-refractivity contribution in [3.8, 4) is 0 Å². The van der Waals surface area contributed by atoms with E-state index in [9.17, 15) is 5.11 Å². The number of aromatic nitrogens is 1. The van der Waals surface area contributed by atoms with Gasteiger partial charge < -0.3 is 15.2 Å². The summed E-state index contributed by atoms with van der Waals surface area (Å²) in [5, 5.41) is 14.1. The Morgan fingerprint density at radius 2 is 2.28 bits per heavy atom. The fourth-order valence-corrected chi connectivity index (χ4v) is 1.97. The van der Waals surface area contributed by atoms with Crippen molar-refractivity contribution in [2.24, 2.45) is 0 Å². The number of nitrogens with zero attached hydrogens (tertiary/aromatic N) is 1. The zero-order valence-electron chi connectivity index (χ0n) is 10.1. The van der Waals surface area contributed by atoms with Crippen molar-refractivity contribution < 1.29 is 9.84 Å². The number of aliphatic hydroxyl groups is 1. The van der Waals surface area contributed by atoms with Crippen molar-refractivity contribution in [3.63, 3.8) is 0 Å². The van der Waals surface area contributed by atoms with Gasteiger partial charge in [0.15, 0.2) is 0 Å². The Balaban J connectivity index is 2.32. The third-order valence-corrected chi connectivity index (χ3v) is 2.89. The minimum absolute atomic E-state index is 0.00520. The number of halogens is 1. The molecule has 1 atom stereocenters. The lowest BCUT2D eigenvalue weighted by atomic mass is 10.1. The first-order valence-corrected chi connectivity index (χ1v) is 6.03. The number of hydrogen-bond acceptors (Lipinski definition) is 4. The highest BCUT2D eigenvalue weighted by Gasteiger charge is 2.09. The second kappa shape index (κ2) is 6.00. The molecule has 0 fully saturated rings. The number of nitrogens with one attached hydrogen (secondary N) is 1. The van der Waals surface area contributed by atoms with E-state index >= 15 is 0 Å². The highest BCUT2D eigenvalue weighted by atomic mass is 35.5. The molecule has 0 radical (unpaired) electrons. The van der Waals surface area contributed by atoms with Gasteiger partial charge in [-0.05, 0) is 24.3 Å². The number of pyridine rings is 1. The molecule has 2 N–H and O–H groups in total. The molecule has 1 aromatic heterocycles. The van der Waals surface area contributed by atoms with Crippen molar-refractivity contribution in [3.05, 3.63) is 35.5 Å². The fraction of sp³-hybridized carbons (Fsp3) is 0.308. The summed E-state index contributed by atoms with van der Waals surface area (Å²) in [5.74, 6) is 0. The van der Waals surface area contributed by atoms with Crippen molar-refractivity contribution >= 4 is 28.2 Å². The van der Waals surface area contributed by atoms with Crippen molar-refractivity contribution in [1.82, 2.24) is 4.98 Å². The first-order chi connectivity index (χ1) is 8.74. The highest BCUT2D eigenvalue weighted by Crippen LogP contribution is 2.24. The molecule has 0 aliphatic carbocycles. The number of methoxy groups -OCH3 is 1. The first kappa shape index (κ1) is 13.1. The van der Waals surface area contributed by atoms with E-state index in [-0.39, 0.29) is 12.6 Å². The van der Waals surface area contributed by atoms with Crippen LogP contribution in [0.2, 0.25) is 5.02 Å². The Morgan fingerprint density at radius 1 is 1.44 bits per heavy atom. The zero-order chi connectivity index (χ0) is 13.0. The molecular weight excluding hydrogens is 252 g/mol. The summed E-state index contributed by atoms with van der Waals surface area (Å²) >= 11 is 5.93. The maximum absolute atomic E-state index is 9.26. The van der Waals surface area contributed by atoms with Gasteiger partial charge >= 0.3 is 0 Å². The Kier molecular flexibility index (Phi) is 4.36. The minimum atomic E-state index is -0.142. The van der Waals surface area contributed by atoms with E-state index in [1.165, 1.54) is 0 Å². The smallest absolute Gasteiger partial charge is 0.0737 e. The average Bonchev–Trinajstić information content (AvgIpc) is 2.38. The van der Waals surface area contributed by atoms with E-state index in [4.69, 9.17) is 16.3 Å². The first-order valence-electron chi connectivity index (χ1n) is 5.65. The quantitative estimate of drug-likeness (QED) is 0.872. The molecule has 5 heteroatoms. The SMILES string of the molecule is COCC(CO)Nc1ccnc2cc(Cl)ccc12. The van der Waals surface area contributed by atoms with Crippen LogP contribution >= 0.6 is 11.6 Å². The number of benzene rings is 1. The summed E-state index contributed by atoms with van der Waals surface area (Å²) in [7, 11) is 1.61. The summed E-state index contributed by atoms with van der Waals surface area (Å²) in [6.45, 7) is 0.444. The molecule has 1 heterocycles. The normalized spacial score (nSPS) is 12.6. The van der Waals surface area contributed by atoms with Crippen molar-refractivity contribution in [2.45, 2.75) is 6.04 Å². The Morgan fingerprint density at radius 3 is 3.00 bits per heavy atom. The number of aliphatic hydroxyl groups excluding tert-OH is 1. The van der Waals surface area contributed by atoms with Crippen LogP contribution < -0.4 is 5.32 Å². The maximum Gasteiger partial charge on any atom is 0.0737 e. The van der Waals surface area contributed by atoms with Gasteiger partial charge in [0.05, 0.1) is 24.8 Å². The van der Waals surface area contributed by atoms with Gasteiger partial charge in [0, 0.05) is 29.4 Å². The maximum atomic E-state index is 9.26. The van der Waals surface area contributed by atoms with Crippen LogP contribution in [0.25, 0.3) is 10.9 Å². The molecule has 1 aromatic carbocycles. The number of rotatable bonds is 5. The summed E-state index contributed by atoms with van der Waals surface area (Å²) in [4.78, 5) is 4.26. The molecule has 96 valence electrons. The summed E-state index contributed by atoms with van der Waals surface area (Å²) in [6.07, 6.45) is 1.71. The van der Waals surface area contributed by atoms with Gasteiger partial charge in [0.1, 0.15) is 0 Å².